The van der Waals surface area contributed by atoms with Crippen LogP contribution in [-0.2, 0) is 12.7 Å². The van der Waals surface area contributed by atoms with Crippen LogP contribution in [0.25, 0.3) is 28.2 Å². The molecule has 0 fully saturated rings. The molecule has 11 heteroatoms. The fraction of sp³-hybridized carbons (Fsp3) is 0.0952. The molecule has 0 aliphatic heterocycles. The van der Waals surface area contributed by atoms with Gasteiger partial charge in [0.1, 0.15) is 18.3 Å². The Hall–Kier alpha value is -4.28. The Balaban J connectivity index is 1.48. The average Bonchev–Trinajstić information content (AvgIpc) is 3.43. The number of benzene rings is 2. The summed E-state index contributed by atoms with van der Waals surface area (Å²) in [4.78, 5) is 17.1. The Morgan fingerprint density at radius 1 is 1.00 bits per heavy atom. The first-order valence-electron chi connectivity index (χ1n) is 9.39. The van der Waals surface area contributed by atoms with Gasteiger partial charge in [-0.3, -0.25) is 9.36 Å². The molecule has 0 N–H and O–H groups in total. The summed E-state index contributed by atoms with van der Waals surface area (Å²) in [5.41, 5.74) is -0.232. The van der Waals surface area contributed by atoms with Gasteiger partial charge in [0.15, 0.2) is 5.65 Å². The van der Waals surface area contributed by atoms with Crippen LogP contribution in [0.2, 0.25) is 0 Å². The normalized spacial score (nSPS) is 11.8. The zero-order valence-electron chi connectivity index (χ0n) is 16.2. The second-order valence-corrected chi connectivity index (χ2v) is 6.89. The lowest BCUT2D eigenvalue weighted by molar-refractivity contribution is -0.137. The molecule has 0 saturated heterocycles. The Morgan fingerprint density at radius 3 is 2.59 bits per heavy atom. The molecule has 0 spiro atoms. The summed E-state index contributed by atoms with van der Waals surface area (Å²) in [6.45, 7) is -0.0175. The van der Waals surface area contributed by atoms with Crippen LogP contribution in [0.4, 0.5) is 13.2 Å². The van der Waals surface area contributed by atoms with E-state index >= 15 is 0 Å². The van der Waals surface area contributed by atoms with E-state index in [2.05, 4.69) is 20.3 Å². The number of hydrogen-bond acceptors (Lipinski definition) is 6. The van der Waals surface area contributed by atoms with Gasteiger partial charge in [0.05, 0.1) is 17.4 Å². The number of nitrogens with zero attached hydrogens (tertiary/aromatic N) is 6. The van der Waals surface area contributed by atoms with Gasteiger partial charge in [-0.25, -0.2) is 9.67 Å². The zero-order valence-corrected chi connectivity index (χ0v) is 16.2. The van der Waals surface area contributed by atoms with E-state index in [4.69, 9.17) is 4.42 Å². The van der Waals surface area contributed by atoms with E-state index in [0.717, 1.165) is 17.7 Å². The van der Waals surface area contributed by atoms with Crippen LogP contribution in [0, 0.1) is 0 Å². The van der Waals surface area contributed by atoms with Gasteiger partial charge >= 0.3 is 6.18 Å². The van der Waals surface area contributed by atoms with Crippen molar-refractivity contribution in [1.29, 1.82) is 0 Å². The minimum Gasteiger partial charge on any atom is -0.419 e. The highest BCUT2D eigenvalue weighted by Crippen LogP contribution is 2.30. The van der Waals surface area contributed by atoms with Gasteiger partial charge < -0.3 is 4.42 Å². The van der Waals surface area contributed by atoms with Crippen molar-refractivity contribution >= 4 is 11.0 Å². The van der Waals surface area contributed by atoms with Gasteiger partial charge in [0.2, 0.25) is 11.8 Å². The quantitative estimate of drug-likeness (QED) is 0.425. The predicted octanol–water partition coefficient (Wildman–Crippen LogP) is 3.70. The molecule has 3 heterocycles. The second-order valence-electron chi connectivity index (χ2n) is 6.89. The van der Waals surface area contributed by atoms with Crippen LogP contribution in [0.15, 0.2) is 76.3 Å². The van der Waals surface area contributed by atoms with Crippen molar-refractivity contribution < 1.29 is 17.6 Å². The summed E-state index contributed by atoms with van der Waals surface area (Å²) >= 11 is 0. The monoisotopic (exact) mass is 438 g/mol. The minimum absolute atomic E-state index is 0.0175. The molecule has 0 aliphatic carbocycles. The molecule has 5 rings (SSSR count). The first-order chi connectivity index (χ1) is 15.4. The molecule has 160 valence electrons. The molecular formula is C21H13F3N6O2. The van der Waals surface area contributed by atoms with Crippen molar-refractivity contribution in [2.24, 2.45) is 0 Å². The van der Waals surface area contributed by atoms with Crippen molar-refractivity contribution in [2.75, 3.05) is 0 Å². The van der Waals surface area contributed by atoms with E-state index in [9.17, 15) is 18.0 Å². The topological polar surface area (TPSA) is 91.6 Å². The molecule has 8 nitrogen and oxygen atoms in total. The van der Waals surface area contributed by atoms with Crippen molar-refractivity contribution in [3.8, 4) is 17.1 Å². The maximum Gasteiger partial charge on any atom is 0.416 e. The summed E-state index contributed by atoms with van der Waals surface area (Å²) in [5, 5.41) is 12.2. The molecule has 5 aromatic rings. The lowest BCUT2D eigenvalue weighted by Gasteiger charge is -2.09. The van der Waals surface area contributed by atoms with Crippen molar-refractivity contribution in [3.63, 3.8) is 0 Å². The zero-order chi connectivity index (χ0) is 22.3. The number of halogens is 3. The van der Waals surface area contributed by atoms with E-state index in [-0.39, 0.29) is 29.2 Å². The van der Waals surface area contributed by atoms with Crippen LogP contribution >= 0.6 is 0 Å². The minimum atomic E-state index is -4.50. The van der Waals surface area contributed by atoms with E-state index in [1.54, 1.807) is 0 Å². The molecule has 0 atom stereocenters. The molecule has 0 bridgehead atoms. The van der Waals surface area contributed by atoms with Crippen LogP contribution in [0.5, 0.6) is 0 Å². The highest BCUT2D eigenvalue weighted by molar-refractivity contribution is 5.75. The smallest absolute Gasteiger partial charge is 0.416 e. The standard InChI is InChI=1S/C21H13F3N6O2/c22-21(23,24)14-7-4-8-15(9-14)30-18-16(10-26-30)20(31)29(12-25-18)11-17-27-28-19(32-17)13-5-2-1-3-6-13/h1-10,12H,11H2. The number of aromatic nitrogens is 6. The van der Waals surface area contributed by atoms with E-state index in [0.29, 0.717) is 5.89 Å². The Labute approximate surface area is 177 Å². The third-order valence-electron chi connectivity index (χ3n) is 4.77. The summed E-state index contributed by atoms with van der Waals surface area (Å²) < 4.78 is 47.2. The highest BCUT2D eigenvalue weighted by atomic mass is 19.4. The molecule has 2 aromatic carbocycles. The summed E-state index contributed by atoms with van der Waals surface area (Å²) in [6, 6.07) is 13.8. The molecule has 0 amide bonds. The molecule has 32 heavy (non-hydrogen) atoms. The van der Waals surface area contributed by atoms with Gasteiger partial charge in [-0.05, 0) is 30.3 Å². The molecule has 3 aromatic heterocycles. The van der Waals surface area contributed by atoms with Gasteiger partial charge in [-0.15, -0.1) is 10.2 Å². The van der Waals surface area contributed by atoms with E-state index in [1.165, 1.54) is 33.9 Å². The first-order valence-corrected chi connectivity index (χ1v) is 9.39. The first kappa shape index (κ1) is 19.7. The summed E-state index contributed by atoms with van der Waals surface area (Å²) in [5.74, 6) is 0.525. The van der Waals surface area contributed by atoms with Crippen LogP contribution in [0.1, 0.15) is 11.5 Å². The molecule has 0 unspecified atom stereocenters. The number of fused-ring (bicyclic) bond motifs is 1. The third kappa shape index (κ3) is 3.53. The number of hydrogen-bond donors (Lipinski definition) is 0. The van der Waals surface area contributed by atoms with Gasteiger partial charge in [0.25, 0.3) is 5.56 Å². The fourth-order valence-electron chi connectivity index (χ4n) is 3.22. The Bertz CT molecular complexity index is 1470. The second kappa shape index (κ2) is 7.45. The van der Waals surface area contributed by atoms with Crippen LogP contribution in [-0.4, -0.2) is 29.5 Å². The van der Waals surface area contributed by atoms with E-state index < -0.39 is 17.3 Å². The van der Waals surface area contributed by atoms with Crippen molar-refractivity contribution in [2.45, 2.75) is 12.7 Å². The number of alkyl halides is 3. The van der Waals surface area contributed by atoms with Crippen LogP contribution < -0.4 is 5.56 Å². The highest BCUT2D eigenvalue weighted by Gasteiger charge is 2.30. The van der Waals surface area contributed by atoms with Gasteiger partial charge in [0, 0.05) is 5.56 Å². The lowest BCUT2D eigenvalue weighted by Crippen LogP contribution is -2.21. The maximum absolute atomic E-state index is 13.0. The van der Waals surface area contributed by atoms with Crippen LogP contribution in [0.3, 0.4) is 0 Å². The van der Waals surface area contributed by atoms with Gasteiger partial charge in [-0.2, -0.15) is 18.3 Å². The Kier molecular flexibility index (Phi) is 4.58. The SMILES string of the molecule is O=c1c2cnn(-c3cccc(C(F)(F)F)c3)c2ncn1Cc1nnc(-c2ccccc2)o1. The Morgan fingerprint density at radius 2 is 1.81 bits per heavy atom. The molecule has 0 radical (unpaired) electrons. The summed E-state index contributed by atoms with van der Waals surface area (Å²) in [6.07, 6.45) is -1.96. The predicted molar refractivity (Wildman–Crippen MR) is 107 cm³/mol. The number of rotatable bonds is 4. The average molecular weight is 438 g/mol. The molecule has 0 saturated carbocycles. The molecular weight excluding hydrogens is 425 g/mol. The molecule has 0 aliphatic rings. The van der Waals surface area contributed by atoms with Crippen molar-refractivity contribution in [3.05, 3.63) is 88.9 Å². The van der Waals surface area contributed by atoms with Crippen molar-refractivity contribution in [1.82, 2.24) is 29.5 Å². The fourth-order valence-corrected chi connectivity index (χ4v) is 3.22. The third-order valence-corrected chi connectivity index (χ3v) is 4.77. The van der Waals surface area contributed by atoms with Gasteiger partial charge in [-0.1, -0.05) is 24.3 Å². The largest absolute Gasteiger partial charge is 0.419 e. The lowest BCUT2D eigenvalue weighted by atomic mass is 10.2. The summed E-state index contributed by atoms with van der Waals surface area (Å²) in [7, 11) is 0. The van der Waals surface area contributed by atoms with E-state index in [1.807, 2.05) is 30.3 Å². The maximum atomic E-state index is 13.0.